The fraction of sp³-hybridized carbons (Fsp3) is 0.667. The number of hydrogen-bond donors (Lipinski definition) is 2. The lowest BCUT2D eigenvalue weighted by Gasteiger charge is -2.07. The van der Waals surface area contributed by atoms with Crippen LogP contribution in [0, 0.1) is 11.8 Å². The summed E-state index contributed by atoms with van der Waals surface area (Å²) in [7, 11) is 0. The van der Waals surface area contributed by atoms with Gasteiger partial charge < -0.3 is 10.2 Å². The lowest BCUT2D eigenvalue weighted by Crippen LogP contribution is -2.10. The highest BCUT2D eigenvalue weighted by atomic mass is 16.4. The van der Waals surface area contributed by atoms with Crippen LogP contribution in [0.3, 0.4) is 0 Å². The van der Waals surface area contributed by atoms with Crippen LogP contribution >= 0.6 is 0 Å². The lowest BCUT2D eigenvalue weighted by molar-refractivity contribution is -0.141. The first-order chi connectivity index (χ1) is 10.5. The first-order valence-corrected chi connectivity index (χ1v) is 8.23. The molecule has 4 heteroatoms. The Morgan fingerprint density at radius 3 is 1.18 bits per heavy atom. The van der Waals surface area contributed by atoms with Gasteiger partial charge in [-0.2, -0.15) is 0 Å². The van der Waals surface area contributed by atoms with Crippen molar-refractivity contribution in [1.82, 2.24) is 0 Å². The molecule has 0 bridgehead atoms. The monoisotopic (exact) mass is 310 g/mol. The summed E-state index contributed by atoms with van der Waals surface area (Å²) in [4.78, 5) is 21.6. The van der Waals surface area contributed by atoms with Crippen LogP contribution in [-0.4, -0.2) is 22.2 Å². The number of carboxylic acids is 2. The Hall–Kier alpha value is -1.58. The van der Waals surface area contributed by atoms with Crippen LogP contribution in [0.25, 0.3) is 0 Å². The van der Waals surface area contributed by atoms with Gasteiger partial charge >= 0.3 is 11.9 Å². The highest BCUT2D eigenvalue weighted by Gasteiger charge is 2.12. The second kappa shape index (κ2) is 13.1. The minimum Gasteiger partial charge on any atom is -0.481 e. The van der Waals surface area contributed by atoms with E-state index in [0.717, 1.165) is 51.4 Å². The third-order valence-electron chi connectivity index (χ3n) is 3.98. The number of rotatable bonds is 15. The average Bonchev–Trinajstić information content (AvgIpc) is 2.47. The van der Waals surface area contributed by atoms with E-state index in [0.29, 0.717) is 12.8 Å². The van der Waals surface area contributed by atoms with Crippen molar-refractivity contribution in [3.8, 4) is 0 Å². The first kappa shape index (κ1) is 20.4. The lowest BCUT2D eigenvalue weighted by atomic mass is 9.99. The quantitative estimate of drug-likeness (QED) is 0.341. The largest absolute Gasteiger partial charge is 0.481 e. The maximum Gasteiger partial charge on any atom is 0.310 e. The van der Waals surface area contributed by atoms with Crippen molar-refractivity contribution in [2.24, 2.45) is 11.8 Å². The Morgan fingerprint density at radius 1 is 0.682 bits per heavy atom. The molecule has 0 aliphatic rings. The number of carbonyl (C=O) groups is 2. The Morgan fingerprint density at radius 2 is 0.955 bits per heavy atom. The molecule has 22 heavy (non-hydrogen) atoms. The van der Waals surface area contributed by atoms with Gasteiger partial charge in [0.2, 0.25) is 0 Å². The standard InChI is InChI=1S/C18H30O4/c1-3-15(17(19)20)13-11-9-7-5-6-8-10-12-14-16(4-2)18(21)22/h3-4,15-16H,1-2,5-14H2,(H,19,20)(H,21,22). The molecule has 0 aromatic carbocycles. The summed E-state index contributed by atoms with van der Waals surface area (Å²) in [6, 6.07) is 0. The van der Waals surface area contributed by atoms with Crippen LogP contribution in [0.2, 0.25) is 0 Å². The van der Waals surface area contributed by atoms with Crippen LogP contribution in [0.4, 0.5) is 0 Å². The van der Waals surface area contributed by atoms with Gasteiger partial charge in [0.25, 0.3) is 0 Å². The van der Waals surface area contributed by atoms with Gasteiger partial charge in [-0.3, -0.25) is 9.59 Å². The van der Waals surface area contributed by atoms with Crippen molar-refractivity contribution in [2.45, 2.75) is 64.2 Å². The molecule has 0 aliphatic heterocycles. The molecule has 0 rings (SSSR count). The zero-order valence-electron chi connectivity index (χ0n) is 13.5. The Bertz CT molecular complexity index is 315. The van der Waals surface area contributed by atoms with E-state index in [2.05, 4.69) is 13.2 Å². The molecular formula is C18H30O4. The van der Waals surface area contributed by atoms with Crippen LogP contribution < -0.4 is 0 Å². The summed E-state index contributed by atoms with van der Waals surface area (Å²) < 4.78 is 0. The van der Waals surface area contributed by atoms with E-state index < -0.39 is 23.8 Å². The molecule has 0 heterocycles. The van der Waals surface area contributed by atoms with Crippen LogP contribution in [-0.2, 0) is 9.59 Å². The van der Waals surface area contributed by atoms with Gasteiger partial charge in [-0.1, -0.05) is 63.5 Å². The molecule has 0 radical (unpaired) electrons. The van der Waals surface area contributed by atoms with Crippen molar-refractivity contribution in [2.75, 3.05) is 0 Å². The molecule has 0 saturated carbocycles. The minimum atomic E-state index is -0.783. The SMILES string of the molecule is C=CC(CCCCCCCCCCC(C=C)C(=O)O)C(=O)O. The van der Waals surface area contributed by atoms with Crippen molar-refractivity contribution in [3.63, 3.8) is 0 Å². The topological polar surface area (TPSA) is 74.6 Å². The third-order valence-corrected chi connectivity index (χ3v) is 3.98. The van der Waals surface area contributed by atoms with Gasteiger partial charge in [0.1, 0.15) is 0 Å². The van der Waals surface area contributed by atoms with Crippen LogP contribution in [0.1, 0.15) is 64.2 Å². The molecule has 0 saturated heterocycles. The molecule has 0 fully saturated rings. The fourth-order valence-corrected chi connectivity index (χ4v) is 2.47. The molecule has 0 amide bonds. The average molecular weight is 310 g/mol. The molecule has 2 N–H and O–H groups in total. The van der Waals surface area contributed by atoms with E-state index in [9.17, 15) is 9.59 Å². The summed E-state index contributed by atoms with van der Waals surface area (Å²) >= 11 is 0. The van der Waals surface area contributed by atoms with Crippen LogP contribution in [0.5, 0.6) is 0 Å². The van der Waals surface area contributed by atoms with Gasteiger partial charge in [-0.15, -0.1) is 13.2 Å². The normalized spacial score (nSPS) is 13.3. The summed E-state index contributed by atoms with van der Waals surface area (Å²) in [5.74, 6) is -2.39. The Labute approximate surface area is 133 Å². The van der Waals surface area contributed by atoms with E-state index in [4.69, 9.17) is 10.2 Å². The Balaban J connectivity index is 3.40. The van der Waals surface area contributed by atoms with Crippen molar-refractivity contribution >= 4 is 11.9 Å². The summed E-state index contributed by atoms with van der Waals surface area (Å²) in [6.45, 7) is 7.09. The fourth-order valence-electron chi connectivity index (χ4n) is 2.47. The molecule has 0 aromatic heterocycles. The second-order valence-corrected chi connectivity index (χ2v) is 5.77. The van der Waals surface area contributed by atoms with E-state index in [1.807, 2.05) is 0 Å². The van der Waals surface area contributed by atoms with Gasteiger partial charge in [0.15, 0.2) is 0 Å². The highest BCUT2D eigenvalue weighted by molar-refractivity contribution is 5.72. The summed E-state index contributed by atoms with van der Waals surface area (Å²) in [5, 5.41) is 17.7. The maximum absolute atomic E-state index is 10.8. The molecule has 2 atom stereocenters. The number of unbranched alkanes of at least 4 members (excludes halogenated alkanes) is 7. The summed E-state index contributed by atoms with van der Waals surface area (Å²) in [6.07, 6.45) is 13.0. The Kier molecular flexibility index (Phi) is 12.2. The van der Waals surface area contributed by atoms with E-state index in [1.165, 1.54) is 12.2 Å². The summed E-state index contributed by atoms with van der Waals surface area (Å²) in [5.41, 5.74) is 0. The first-order valence-electron chi connectivity index (χ1n) is 8.23. The van der Waals surface area contributed by atoms with Gasteiger partial charge in [-0.05, 0) is 12.8 Å². The van der Waals surface area contributed by atoms with E-state index in [-0.39, 0.29) is 0 Å². The molecular weight excluding hydrogens is 280 g/mol. The third kappa shape index (κ3) is 10.2. The number of aliphatic carboxylic acids is 2. The molecule has 0 aromatic rings. The number of hydrogen-bond acceptors (Lipinski definition) is 2. The zero-order chi connectivity index (χ0) is 16.8. The molecule has 2 unspecified atom stereocenters. The number of carboxylic acid groups (broad SMARTS) is 2. The zero-order valence-corrected chi connectivity index (χ0v) is 13.5. The molecule has 0 aliphatic carbocycles. The predicted molar refractivity (Wildman–Crippen MR) is 88.8 cm³/mol. The van der Waals surface area contributed by atoms with E-state index >= 15 is 0 Å². The minimum absolute atomic E-state index is 0.410. The smallest absolute Gasteiger partial charge is 0.310 e. The van der Waals surface area contributed by atoms with Crippen molar-refractivity contribution < 1.29 is 19.8 Å². The van der Waals surface area contributed by atoms with Gasteiger partial charge in [0, 0.05) is 0 Å². The highest BCUT2D eigenvalue weighted by Crippen LogP contribution is 2.16. The molecule has 126 valence electrons. The molecule has 0 spiro atoms. The predicted octanol–water partition coefficient (Wildman–Crippen LogP) is 4.66. The van der Waals surface area contributed by atoms with Gasteiger partial charge in [-0.25, -0.2) is 0 Å². The van der Waals surface area contributed by atoms with Gasteiger partial charge in [0.05, 0.1) is 11.8 Å². The van der Waals surface area contributed by atoms with Crippen LogP contribution in [0.15, 0.2) is 25.3 Å². The maximum atomic E-state index is 10.8. The van der Waals surface area contributed by atoms with Crippen molar-refractivity contribution in [3.05, 3.63) is 25.3 Å². The van der Waals surface area contributed by atoms with Crippen molar-refractivity contribution in [1.29, 1.82) is 0 Å². The molecule has 4 nitrogen and oxygen atoms in total. The second-order valence-electron chi connectivity index (χ2n) is 5.77. The van der Waals surface area contributed by atoms with E-state index in [1.54, 1.807) is 0 Å².